The number of benzene rings is 1. The Kier molecular flexibility index (Phi) is 7.06. The van der Waals surface area contributed by atoms with Crippen LogP contribution in [0, 0.1) is 0 Å². The third kappa shape index (κ3) is 5.06. The molecule has 1 aliphatic heterocycles. The third-order valence-electron chi connectivity index (χ3n) is 5.77. The van der Waals surface area contributed by atoms with E-state index in [1.165, 1.54) is 19.3 Å². The summed E-state index contributed by atoms with van der Waals surface area (Å²) in [6, 6.07) is 9.98. The van der Waals surface area contributed by atoms with Crippen LogP contribution in [0.25, 0.3) is 0 Å². The predicted octanol–water partition coefficient (Wildman–Crippen LogP) is 2.74. The van der Waals surface area contributed by atoms with Crippen LogP contribution in [-0.2, 0) is 20.9 Å². The zero-order valence-electron chi connectivity index (χ0n) is 15.9. The molecule has 1 aromatic rings. The summed E-state index contributed by atoms with van der Waals surface area (Å²) in [7, 11) is 0. The quantitative estimate of drug-likeness (QED) is 0.812. The van der Waals surface area contributed by atoms with Gasteiger partial charge in [-0.05, 0) is 25.3 Å². The summed E-state index contributed by atoms with van der Waals surface area (Å²) in [6.45, 7) is 6.54. The van der Waals surface area contributed by atoms with Gasteiger partial charge < -0.3 is 14.8 Å². The van der Waals surface area contributed by atoms with Gasteiger partial charge in [-0.1, -0.05) is 49.6 Å². The maximum atomic E-state index is 12.6. The third-order valence-corrected chi connectivity index (χ3v) is 5.77. The fourth-order valence-corrected chi connectivity index (χ4v) is 4.12. The highest BCUT2D eigenvalue weighted by Gasteiger charge is 2.39. The van der Waals surface area contributed by atoms with Gasteiger partial charge in [0.1, 0.15) is 6.10 Å². The van der Waals surface area contributed by atoms with Crippen molar-refractivity contribution in [3.63, 3.8) is 0 Å². The number of hydrogen-bond donors (Lipinski definition) is 1. The van der Waals surface area contributed by atoms with Crippen LogP contribution in [0.15, 0.2) is 30.3 Å². The zero-order chi connectivity index (χ0) is 18.2. The molecule has 1 saturated carbocycles. The first-order chi connectivity index (χ1) is 12.7. The van der Waals surface area contributed by atoms with Gasteiger partial charge in [0, 0.05) is 25.2 Å². The van der Waals surface area contributed by atoms with Crippen molar-refractivity contribution in [1.82, 2.24) is 10.2 Å². The van der Waals surface area contributed by atoms with E-state index < -0.39 is 6.10 Å². The Labute approximate surface area is 157 Å². The van der Waals surface area contributed by atoms with Gasteiger partial charge in [0.25, 0.3) is 0 Å². The molecule has 1 amide bonds. The summed E-state index contributed by atoms with van der Waals surface area (Å²) in [5.74, 6) is -0.0147. The molecule has 144 valence electrons. The number of morpholine rings is 1. The lowest BCUT2D eigenvalue weighted by Crippen LogP contribution is -2.60. The lowest BCUT2D eigenvalue weighted by Gasteiger charge is -2.48. The lowest BCUT2D eigenvalue weighted by molar-refractivity contribution is -0.133. The molecule has 0 aromatic heterocycles. The Morgan fingerprint density at radius 1 is 1.19 bits per heavy atom. The summed E-state index contributed by atoms with van der Waals surface area (Å²) in [4.78, 5) is 15.1. The number of carbonyl (C=O) groups is 1. The fraction of sp³-hybridized carbons (Fsp3) is 0.667. The van der Waals surface area contributed by atoms with Crippen molar-refractivity contribution in [2.24, 2.45) is 0 Å². The van der Waals surface area contributed by atoms with Gasteiger partial charge >= 0.3 is 0 Å². The second kappa shape index (κ2) is 9.49. The van der Waals surface area contributed by atoms with Crippen molar-refractivity contribution in [2.45, 2.75) is 57.3 Å². The Balaban J connectivity index is 1.51. The van der Waals surface area contributed by atoms with Crippen LogP contribution in [0.3, 0.4) is 0 Å². The van der Waals surface area contributed by atoms with E-state index in [1.807, 2.05) is 37.3 Å². The van der Waals surface area contributed by atoms with E-state index in [2.05, 4.69) is 10.2 Å². The summed E-state index contributed by atoms with van der Waals surface area (Å²) in [5, 5.41) is 3.18. The minimum absolute atomic E-state index is 0.0147. The summed E-state index contributed by atoms with van der Waals surface area (Å²) >= 11 is 0. The molecule has 1 aliphatic carbocycles. The van der Waals surface area contributed by atoms with Crippen LogP contribution in [0.2, 0.25) is 0 Å². The van der Waals surface area contributed by atoms with Gasteiger partial charge in [-0.2, -0.15) is 0 Å². The van der Waals surface area contributed by atoms with Crippen molar-refractivity contribution in [2.75, 3.05) is 32.8 Å². The van der Waals surface area contributed by atoms with E-state index in [1.54, 1.807) is 0 Å². The molecule has 3 rings (SSSR count). The molecule has 1 atom stereocenters. The van der Waals surface area contributed by atoms with Crippen molar-refractivity contribution in [3.8, 4) is 0 Å². The molecule has 2 fully saturated rings. The molecule has 2 aliphatic rings. The Bertz CT molecular complexity index is 552. The van der Waals surface area contributed by atoms with Crippen LogP contribution in [-0.4, -0.2) is 55.3 Å². The maximum absolute atomic E-state index is 12.6. The Morgan fingerprint density at radius 2 is 1.88 bits per heavy atom. The van der Waals surface area contributed by atoms with Gasteiger partial charge in [-0.15, -0.1) is 0 Å². The first-order valence-electron chi connectivity index (χ1n) is 9.96. The number of nitrogens with zero attached hydrogens (tertiary/aromatic N) is 1. The van der Waals surface area contributed by atoms with Crippen LogP contribution in [0.1, 0.15) is 44.6 Å². The molecule has 5 heteroatoms. The molecule has 1 saturated heterocycles. The van der Waals surface area contributed by atoms with E-state index in [0.717, 1.165) is 44.7 Å². The van der Waals surface area contributed by atoms with Crippen LogP contribution in [0.5, 0.6) is 0 Å². The Hall–Kier alpha value is -1.43. The average Bonchev–Trinajstić information content (AvgIpc) is 2.72. The molecule has 0 spiro atoms. The van der Waals surface area contributed by atoms with Gasteiger partial charge in [0.15, 0.2) is 0 Å². The molecule has 1 aromatic carbocycles. The highest BCUT2D eigenvalue weighted by molar-refractivity contribution is 5.80. The second-order valence-corrected chi connectivity index (χ2v) is 7.54. The monoisotopic (exact) mass is 360 g/mol. The van der Waals surface area contributed by atoms with Gasteiger partial charge in [0.05, 0.1) is 19.8 Å². The van der Waals surface area contributed by atoms with E-state index in [9.17, 15) is 4.79 Å². The second-order valence-electron chi connectivity index (χ2n) is 7.54. The van der Waals surface area contributed by atoms with Crippen molar-refractivity contribution < 1.29 is 14.3 Å². The maximum Gasteiger partial charge on any atom is 0.248 e. The number of carbonyl (C=O) groups excluding carboxylic acids is 1. The van der Waals surface area contributed by atoms with Crippen LogP contribution in [0.4, 0.5) is 0 Å². The van der Waals surface area contributed by atoms with Gasteiger partial charge in [-0.3, -0.25) is 9.69 Å². The minimum atomic E-state index is -0.444. The fourth-order valence-electron chi connectivity index (χ4n) is 4.12. The number of ether oxygens (including phenoxy) is 2. The summed E-state index contributed by atoms with van der Waals surface area (Å²) < 4.78 is 11.3. The molecule has 0 radical (unpaired) electrons. The number of rotatable bonds is 7. The largest absolute Gasteiger partial charge is 0.379 e. The summed E-state index contributed by atoms with van der Waals surface area (Å²) in [5.41, 5.74) is 1.18. The zero-order valence-corrected chi connectivity index (χ0v) is 15.9. The molecule has 0 bridgehead atoms. The van der Waals surface area contributed by atoms with E-state index >= 15 is 0 Å². The van der Waals surface area contributed by atoms with E-state index in [4.69, 9.17) is 9.47 Å². The molecule has 1 unspecified atom stereocenters. The first-order valence-corrected chi connectivity index (χ1v) is 9.96. The van der Waals surface area contributed by atoms with Crippen LogP contribution >= 0.6 is 0 Å². The van der Waals surface area contributed by atoms with Gasteiger partial charge in [-0.25, -0.2) is 0 Å². The normalized spacial score (nSPS) is 21.9. The molecule has 5 nitrogen and oxygen atoms in total. The number of hydrogen-bond acceptors (Lipinski definition) is 4. The highest BCUT2D eigenvalue weighted by Crippen LogP contribution is 2.33. The molecule has 1 heterocycles. The van der Waals surface area contributed by atoms with Crippen molar-refractivity contribution in [1.29, 1.82) is 0 Å². The van der Waals surface area contributed by atoms with Gasteiger partial charge in [0.2, 0.25) is 5.91 Å². The van der Waals surface area contributed by atoms with E-state index in [0.29, 0.717) is 13.2 Å². The van der Waals surface area contributed by atoms with E-state index in [-0.39, 0.29) is 11.4 Å². The molecular weight excluding hydrogens is 328 g/mol. The van der Waals surface area contributed by atoms with Crippen LogP contribution < -0.4 is 5.32 Å². The van der Waals surface area contributed by atoms with Crippen molar-refractivity contribution in [3.05, 3.63) is 35.9 Å². The molecular formula is C21H32N2O3. The number of amides is 1. The average molecular weight is 360 g/mol. The summed E-state index contributed by atoms with van der Waals surface area (Å²) in [6.07, 6.45) is 5.66. The number of nitrogens with one attached hydrogen (secondary N) is 1. The first kappa shape index (κ1) is 19.3. The molecule has 26 heavy (non-hydrogen) atoms. The SMILES string of the molecule is CC(OCc1ccccc1)C(=O)NCC1(N2CCOCC2)CCCCC1. The lowest BCUT2D eigenvalue weighted by atomic mass is 9.79. The Morgan fingerprint density at radius 3 is 2.58 bits per heavy atom. The minimum Gasteiger partial charge on any atom is -0.379 e. The smallest absolute Gasteiger partial charge is 0.248 e. The van der Waals surface area contributed by atoms with Crippen molar-refractivity contribution >= 4 is 5.91 Å². The standard InChI is InChI=1S/C21H32N2O3/c1-18(26-16-19-8-4-2-5-9-19)20(24)22-17-21(10-6-3-7-11-21)23-12-14-25-15-13-23/h2,4-5,8-9,18H,3,6-7,10-17H2,1H3,(H,22,24). The highest BCUT2D eigenvalue weighted by atomic mass is 16.5. The molecule has 1 N–H and O–H groups in total. The predicted molar refractivity (Wildman–Crippen MR) is 102 cm³/mol. The topological polar surface area (TPSA) is 50.8 Å².